The highest BCUT2D eigenvalue weighted by Crippen LogP contribution is 2.19. The smallest absolute Gasteiger partial charge is 0.222 e. The molecule has 0 radical (unpaired) electrons. The average Bonchev–Trinajstić information content (AvgIpc) is 2.62. The van der Waals surface area contributed by atoms with Crippen molar-refractivity contribution in [2.45, 2.75) is 45.6 Å². The number of carbonyl (C=O) groups excluding carboxylic acids is 1. The lowest BCUT2D eigenvalue weighted by Crippen LogP contribution is -2.32. The van der Waals surface area contributed by atoms with Crippen molar-refractivity contribution in [3.05, 3.63) is 0 Å². The molecule has 0 aliphatic carbocycles. The predicted molar refractivity (Wildman–Crippen MR) is 57.9 cm³/mol. The molecule has 1 amide bonds. The number of hydrogen-bond donors (Lipinski definition) is 1. The van der Waals surface area contributed by atoms with Crippen LogP contribution in [0.15, 0.2) is 0 Å². The molecule has 14 heavy (non-hydrogen) atoms. The van der Waals surface area contributed by atoms with Crippen molar-refractivity contribution in [3.63, 3.8) is 0 Å². The van der Waals surface area contributed by atoms with Crippen LogP contribution in [0.3, 0.4) is 0 Å². The molecular formula is C11H22N2O. The molecule has 1 heterocycles. The average molecular weight is 198 g/mol. The highest BCUT2D eigenvalue weighted by molar-refractivity contribution is 5.76. The van der Waals surface area contributed by atoms with Gasteiger partial charge in [0.1, 0.15) is 0 Å². The summed E-state index contributed by atoms with van der Waals surface area (Å²) in [5.41, 5.74) is 5.82. The van der Waals surface area contributed by atoms with Crippen molar-refractivity contribution in [1.29, 1.82) is 0 Å². The first-order valence-electron chi connectivity index (χ1n) is 5.68. The molecule has 0 spiro atoms. The van der Waals surface area contributed by atoms with E-state index in [0.29, 0.717) is 18.2 Å². The van der Waals surface area contributed by atoms with Crippen molar-refractivity contribution in [3.8, 4) is 0 Å². The number of hydrogen-bond acceptors (Lipinski definition) is 2. The third kappa shape index (κ3) is 2.98. The molecule has 1 saturated heterocycles. The second kappa shape index (κ2) is 5.35. The molecule has 0 aromatic carbocycles. The van der Waals surface area contributed by atoms with Crippen molar-refractivity contribution in [2.75, 3.05) is 13.1 Å². The van der Waals surface area contributed by atoms with Gasteiger partial charge in [0.25, 0.3) is 0 Å². The molecule has 1 aliphatic rings. The van der Waals surface area contributed by atoms with E-state index in [1.165, 1.54) is 0 Å². The fraction of sp³-hybridized carbons (Fsp3) is 0.909. The van der Waals surface area contributed by atoms with Crippen molar-refractivity contribution in [1.82, 2.24) is 4.90 Å². The summed E-state index contributed by atoms with van der Waals surface area (Å²) in [7, 11) is 0. The van der Waals surface area contributed by atoms with E-state index in [4.69, 9.17) is 5.73 Å². The van der Waals surface area contributed by atoms with Gasteiger partial charge in [0.15, 0.2) is 0 Å². The summed E-state index contributed by atoms with van der Waals surface area (Å²) in [5, 5.41) is 0. The van der Waals surface area contributed by atoms with Gasteiger partial charge in [-0.2, -0.15) is 0 Å². The topological polar surface area (TPSA) is 46.3 Å². The Morgan fingerprint density at radius 1 is 1.64 bits per heavy atom. The zero-order valence-corrected chi connectivity index (χ0v) is 9.33. The second-order valence-electron chi connectivity index (χ2n) is 4.35. The Morgan fingerprint density at radius 3 is 2.86 bits per heavy atom. The fourth-order valence-electron chi connectivity index (χ4n) is 1.93. The van der Waals surface area contributed by atoms with E-state index >= 15 is 0 Å². The summed E-state index contributed by atoms with van der Waals surface area (Å²) in [6.45, 7) is 5.93. The number of unbranched alkanes of at least 4 members (excludes halogenated alkanes) is 1. The minimum absolute atomic E-state index is 0.221. The van der Waals surface area contributed by atoms with Gasteiger partial charge in [-0.25, -0.2) is 0 Å². The summed E-state index contributed by atoms with van der Waals surface area (Å²) in [4.78, 5) is 13.6. The highest BCUT2D eigenvalue weighted by atomic mass is 16.2. The van der Waals surface area contributed by atoms with Crippen molar-refractivity contribution in [2.24, 2.45) is 11.7 Å². The van der Waals surface area contributed by atoms with E-state index < -0.39 is 0 Å². The van der Waals surface area contributed by atoms with Gasteiger partial charge in [0.05, 0.1) is 0 Å². The third-order valence-corrected chi connectivity index (χ3v) is 3.07. The Labute approximate surface area is 86.6 Å². The largest absolute Gasteiger partial charge is 0.342 e. The van der Waals surface area contributed by atoms with Crippen LogP contribution in [0.2, 0.25) is 0 Å². The number of rotatable bonds is 4. The molecular weight excluding hydrogens is 176 g/mol. The predicted octanol–water partition coefficient (Wildman–Crippen LogP) is 1.37. The number of carbonyl (C=O) groups is 1. The first kappa shape index (κ1) is 11.5. The third-order valence-electron chi connectivity index (χ3n) is 3.07. The van der Waals surface area contributed by atoms with Crippen LogP contribution in [0.25, 0.3) is 0 Å². The van der Waals surface area contributed by atoms with Crippen LogP contribution in [0.5, 0.6) is 0 Å². The van der Waals surface area contributed by atoms with Crippen LogP contribution in [0, 0.1) is 5.92 Å². The van der Waals surface area contributed by atoms with Crippen LogP contribution in [0.4, 0.5) is 0 Å². The molecule has 0 bridgehead atoms. The molecule has 2 N–H and O–H groups in total. The molecule has 2 atom stereocenters. The van der Waals surface area contributed by atoms with E-state index in [1.807, 2.05) is 11.8 Å². The lowest BCUT2D eigenvalue weighted by atomic mass is 10.0. The Hall–Kier alpha value is -0.570. The number of nitrogens with zero attached hydrogens (tertiary/aromatic N) is 1. The highest BCUT2D eigenvalue weighted by Gasteiger charge is 2.27. The van der Waals surface area contributed by atoms with Gasteiger partial charge in [-0.3, -0.25) is 4.79 Å². The zero-order valence-electron chi connectivity index (χ0n) is 9.33. The van der Waals surface area contributed by atoms with Crippen LogP contribution in [0.1, 0.15) is 39.5 Å². The summed E-state index contributed by atoms with van der Waals surface area (Å²) in [6.07, 6.45) is 3.90. The first-order chi connectivity index (χ1) is 6.65. The quantitative estimate of drug-likeness (QED) is 0.741. The van der Waals surface area contributed by atoms with E-state index in [2.05, 4.69) is 6.92 Å². The molecule has 1 rings (SSSR count). The van der Waals surface area contributed by atoms with Crippen LogP contribution in [-0.4, -0.2) is 29.9 Å². The normalized spacial score (nSPS) is 23.9. The van der Waals surface area contributed by atoms with E-state index in [9.17, 15) is 4.79 Å². The Morgan fingerprint density at radius 2 is 2.36 bits per heavy atom. The minimum atomic E-state index is 0.221. The first-order valence-corrected chi connectivity index (χ1v) is 5.68. The second-order valence-corrected chi connectivity index (χ2v) is 4.35. The zero-order chi connectivity index (χ0) is 10.6. The molecule has 1 aliphatic heterocycles. The lowest BCUT2D eigenvalue weighted by Gasteiger charge is -2.17. The van der Waals surface area contributed by atoms with Crippen LogP contribution < -0.4 is 5.73 Å². The lowest BCUT2D eigenvalue weighted by molar-refractivity contribution is -0.130. The number of nitrogens with two attached hydrogens (primary N) is 1. The van der Waals surface area contributed by atoms with Gasteiger partial charge in [-0.1, -0.05) is 13.3 Å². The van der Waals surface area contributed by atoms with Gasteiger partial charge in [-0.15, -0.1) is 0 Å². The van der Waals surface area contributed by atoms with Crippen LogP contribution in [-0.2, 0) is 4.79 Å². The number of likely N-dealkylation sites (tertiary alicyclic amines) is 1. The monoisotopic (exact) mass is 198 g/mol. The maximum Gasteiger partial charge on any atom is 0.222 e. The van der Waals surface area contributed by atoms with Gasteiger partial charge < -0.3 is 10.6 Å². The molecule has 82 valence electrons. The molecule has 0 aromatic heterocycles. The van der Waals surface area contributed by atoms with E-state index in [1.54, 1.807) is 0 Å². The standard InChI is InChI=1S/C11H22N2O/c1-3-4-5-11(14)13-7-6-10(8-13)9(2)12/h9-10H,3-8,12H2,1-2H3. The molecule has 0 aromatic rings. The van der Waals surface area contributed by atoms with Crippen molar-refractivity contribution < 1.29 is 4.79 Å². The maximum absolute atomic E-state index is 11.7. The Balaban J connectivity index is 2.30. The maximum atomic E-state index is 11.7. The fourth-order valence-corrected chi connectivity index (χ4v) is 1.93. The Bertz CT molecular complexity index is 192. The SMILES string of the molecule is CCCCC(=O)N1CCC(C(C)N)C1. The van der Waals surface area contributed by atoms with Crippen molar-refractivity contribution >= 4 is 5.91 Å². The van der Waals surface area contributed by atoms with Gasteiger partial charge in [-0.05, 0) is 25.7 Å². The summed E-state index contributed by atoms with van der Waals surface area (Å²) >= 11 is 0. The molecule has 0 saturated carbocycles. The van der Waals surface area contributed by atoms with Gasteiger partial charge in [0, 0.05) is 25.6 Å². The number of amides is 1. The molecule has 2 unspecified atom stereocenters. The van der Waals surface area contributed by atoms with Crippen LogP contribution >= 0.6 is 0 Å². The van der Waals surface area contributed by atoms with Gasteiger partial charge in [0.2, 0.25) is 5.91 Å². The summed E-state index contributed by atoms with van der Waals surface area (Å²) < 4.78 is 0. The summed E-state index contributed by atoms with van der Waals surface area (Å²) in [6, 6.07) is 0.221. The minimum Gasteiger partial charge on any atom is -0.342 e. The van der Waals surface area contributed by atoms with E-state index in [-0.39, 0.29) is 6.04 Å². The molecule has 3 heteroatoms. The molecule has 1 fully saturated rings. The summed E-state index contributed by atoms with van der Waals surface area (Å²) in [5.74, 6) is 0.829. The Kier molecular flexibility index (Phi) is 4.39. The van der Waals surface area contributed by atoms with Gasteiger partial charge >= 0.3 is 0 Å². The molecule has 3 nitrogen and oxygen atoms in total. The van der Waals surface area contributed by atoms with E-state index in [0.717, 1.165) is 32.4 Å².